The summed E-state index contributed by atoms with van der Waals surface area (Å²) in [5.74, 6) is 0.571. The Morgan fingerprint density at radius 1 is 1.40 bits per heavy atom. The maximum atomic E-state index is 13.1. The van der Waals surface area contributed by atoms with E-state index < -0.39 is 0 Å². The molecule has 0 aromatic carbocycles. The predicted octanol–water partition coefficient (Wildman–Crippen LogP) is 1.76. The summed E-state index contributed by atoms with van der Waals surface area (Å²) >= 11 is 0. The average molecular weight is 274 g/mol. The normalized spacial score (nSPS) is 16.6. The Balaban J connectivity index is 1.76. The Morgan fingerprint density at radius 3 is 2.85 bits per heavy atom. The van der Waals surface area contributed by atoms with Gasteiger partial charge < -0.3 is 4.90 Å². The molecular weight excluding hydrogens is 259 g/mol. The highest BCUT2D eigenvalue weighted by Gasteiger charge is 2.25. The third kappa shape index (κ3) is 2.29. The van der Waals surface area contributed by atoms with E-state index in [0.29, 0.717) is 18.7 Å². The van der Waals surface area contributed by atoms with Crippen molar-refractivity contribution in [1.82, 2.24) is 19.5 Å². The molecule has 1 saturated heterocycles. The number of fused-ring (bicyclic) bond motifs is 1. The van der Waals surface area contributed by atoms with Crippen molar-refractivity contribution in [2.24, 2.45) is 0 Å². The standard InChI is InChI=1S/C14H15FN4O/c1-2-13(20)18-7-5-10(6-8-18)14-16-12-4-3-11(15)9-19(12)17-14/h2-4,9-10H,1,5-8H2. The molecule has 0 atom stereocenters. The second kappa shape index (κ2) is 5.03. The van der Waals surface area contributed by atoms with Gasteiger partial charge in [-0.3, -0.25) is 4.79 Å². The fraction of sp³-hybridized carbons (Fsp3) is 0.357. The lowest BCUT2D eigenvalue weighted by Crippen LogP contribution is -2.37. The van der Waals surface area contributed by atoms with E-state index in [-0.39, 0.29) is 17.6 Å². The van der Waals surface area contributed by atoms with Gasteiger partial charge in [-0.15, -0.1) is 0 Å². The summed E-state index contributed by atoms with van der Waals surface area (Å²) in [7, 11) is 0. The van der Waals surface area contributed by atoms with Crippen molar-refractivity contribution in [3.05, 3.63) is 42.6 Å². The van der Waals surface area contributed by atoms with Crippen LogP contribution < -0.4 is 0 Å². The van der Waals surface area contributed by atoms with Crippen molar-refractivity contribution in [3.8, 4) is 0 Å². The Bertz CT molecular complexity index is 658. The smallest absolute Gasteiger partial charge is 0.245 e. The van der Waals surface area contributed by atoms with Gasteiger partial charge in [0.15, 0.2) is 11.5 Å². The van der Waals surface area contributed by atoms with Crippen molar-refractivity contribution in [2.75, 3.05) is 13.1 Å². The topological polar surface area (TPSA) is 50.5 Å². The van der Waals surface area contributed by atoms with E-state index in [1.807, 2.05) is 0 Å². The SMILES string of the molecule is C=CC(=O)N1CCC(c2nc3ccc(F)cn3n2)CC1. The van der Waals surface area contributed by atoms with Crippen LogP contribution in [0.15, 0.2) is 31.0 Å². The van der Waals surface area contributed by atoms with E-state index in [1.54, 1.807) is 11.0 Å². The number of piperidine rings is 1. The molecule has 0 aliphatic carbocycles. The van der Waals surface area contributed by atoms with Gasteiger partial charge in [-0.2, -0.15) is 5.10 Å². The van der Waals surface area contributed by atoms with Gasteiger partial charge in [-0.25, -0.2) is 13.9 Å². The lowest BCUT2D eigenvalue weighted by atomic mass is 9.96. The summed E-state index contributed by atoms with van der Waals surface area (Å²) in [6, 6.07) is 2.99. The third-order valence-electron chi connectivity index (χ3n) is 3.66. The summed E-state index contributed by atoms with van der Waals surface area (Å²) < 4.78 is 14.6. The van der Waals surface area contributed by atoms with E-state index in [4.69, 9.17) is 0 Å². The van der Waals surface area contributed by atoms with Crippen molar-refractivity contribution < 1.29 is 9.18 Å². The highest BCUT2D eigenvalue weighted by Crippen LogP contribution is 2.26. The zero-order chi connectivity index (χ0) is 14.1. The van der Waals surface area contributed by atoms with Gasteiger partial charge in [0, 0.05) is 19.0 Å². The zero-order valence-electron chi connectivity index (χ0n) is 11.0. The Morgan fingerprint density at radius 2 is 2.15 bits per heavy atom. The first-order valence-corrected chi connectivity index (χ1v) is 6.60. The number of aromatic nitrogens is 3. The van der Waals surface area contributed by atoms with Crippen molar-refractivity contribution in [3.63, 3.8) is 0 Å². The van der Waals surface area contributed by atoms with Gasteiger partial charge in [-0.05, 0) is 31.1 Å². The fourth-order valence-electron chi connectivity index (χ4n) is 2.54. The number of carbonyl (C=O) groups excluding carboxylic acids is 1. The summed E-state index contributed by atoms with van der Waals surface area (Å²) in [6.07, 6.45) is 4.30. The monoisotopic (exact) mass is 274 g/mol. The van der Waals surface area contributed by atoms with Gasteiger partial charge in [0.05, 0.1) is 6.20 Å². The van der Waals surface area contributed by atoms with E-state index >= 15 is 0 Å². The molecule has 0 radical (unpaired) electrons. The highest BCUT2D eigenvalue weighted by atomic mass is 19.1. The number of rotatable bonds is 2. The maximum Gasteiger partial charge on any atom is 0.245 e. The molecule has 1 fully saturated rings. The number of carbonyl (C=O) groups is 1. The molecule has 3 rings (SSSR count). The van der Waals surface area contributed by atoms with Crippen LogP contribution in [0.2, 0.25) is 0 Å². The third-order valence-corrected chi connectivity index (χ3v) is 3.66. The minimum atomic E-state index is -0.333. The molecule has 20 heavy (non-hydrogen) atoms. The van der Waals surface area contributed by atoms with E-state index in [9.17, 15) is 9.18 Å². The first-order valence-electron chi connectivity index (χ1n) is 6.60. The summed E-state index contributed by atoms with van der Waals surface area (Å²) in [5, 5.41) is 4.33. The van der Waals surface area contributed by atoms with Crippen molar-refractivity contribution in [1.29, 1.82) is 0 Å². The van der Waals surface area contributed by atoms with Crippen molar-refractivity contribution >= 4 is 11.6 Å². The molecule has 2 aromatic heterocycles. The highest BCUT2D eigenvalue weighted by molar-refractivity contribution is 5.87. The molecule has 104 valence electrons. The molecule has 2 aromatic rings. The predicted molar refractivity (Wildman–Crippen MR) is 71.7 cm³/mol. The van der Waals surface area contributed by atoms with Crippen LogP contribution in [0.1, 0.15) is 24.6 Å². The van der Waals surface area contributed by atoms with Crippen LogP contribution in [0.5, 0.6) is 0 Å². The van der Waals surface area contributed by atoms with Gasteiger partial charge >= 0.3 is 0 Å². The molecule has 3 heterocycles. The van der Waals surface area contributed by atoms with Crippen LogP contribution in [0, 0.1) is 5.82 Å². The number of hydrogen-bond acceptors (Lipinski definition) is 3. The second-order valence-corrected chi connectivity index (χ2v) is 4.92. The molecule has 0 bridgehead atoms. The molecular formula is C14H15FN4O. The first-order chi connectivity index (χ1) is 9.67. The molecule has 1 aliphatic rings. The quantitative estimate of drug-likeness (QED) is 0.784. The minimum Gasteiger partial charge on any atom is -0.339 e. The molecule has 0 saturated carbocycles. The largest absolute Gasteiger partial charge is 0.339 e. The van der Waals surface area contributed by atoms with Crippen LogP contribution in [-0.4, -0.2) is 38.5 Å². The maximum absolute atomic E-state index is 13.1. The van der Waals surface area contributed by atoms with Crippen LogP contribution in [-0.2, 0) is 4.79 Å². The Labute approximate surface area is 115 Å². The number of likely N-dealkylation sites (tertiary alicyclic amines) is 1. The van der Waals surface area contributed by atoms with Crippen LogP contribution in [0.3, 0.4) is 0 Å². The molecule has 5 nitrogen and oxygen atoms in total. The first kappa shape index (κ1) is 12.8. The molecule has 6 heteroatoms. The van der Waals surface area contributed by atoms with Crippen LogP contribution in [0.4, 0.5) is 4.39 Å². The molecule has 0 N–H and O–H groups in total. The second-order valence-electron chi connectivity index (χ2n) is 4.92. The number of nitrogens with zero attached hydrogens (tertiary/aromatic N) is 4. The number of hydrogen-bond donors (Lipinski definition) is 0. The minimum absolute atomic E-state index is 0.0338. The van der Waals surface area contributed by atoms with E-state index in [2.05, 4.69) is 16.7 Å². The van der Waals surface area contributed by atoms with Gasteiger partial charge in [0.1, 0.15) is 5.82 Å². The lowest BCUT2D eigenvalue weighted by molar-refractivity contribution is -0.127. The Hall–Kier alpha value is -2.24. The number of halogens is 1. The van der Waals surface area contributed by atoms with E-state index in [1.165, 1.54) is 22.9 Å². The van der Waals surface area contributed by atoms with Gasteiger partial charge in [0.2, 0.25) is 5.91 Å². The number of pyridine rings is 1. The molecule has 0 unspecified atom stereocenters. The van der Waals surface area contributed by atoms with Gasteiger partial charge in [-0.1, -0.05) is 6.58 Å². The number of amides is 1. The van der Waals surface area contributed by atoms with Crippen molar-refractivity contribution in [2.45, 2.75) is 18.8 Å². The lowest BCUT2D eigenvalue weighted by Gasteiger charge is -2.29. The zero-order valence-corrected chi connectivity index (χ0v) is 11.0. The fourth-order valence-corrected chi connectivity index (χ4v) is 2.54. The summed E-state index contributed by atoms with van der Waals surface area (Å²) in [6.45, 7) is 4.86. The van der Waals surface area contributed by atoms with Crippen LogP contribution in [0.25, 0.3) is 5.65 Å². The summed E-state index contributed by atoms with van der Waals surface area (Å²) in [4.78, 5) is 17.7. The average Bonchev–Trinajstić information content (AvgIpc) is 2.89. The molecule has 0 spiro atoms. The molecule has 1 aliphatic heterocycles. The molecule has 1 amide bonds. The summed E-state index contributed by atoms with van der Waals surface area (Å²) in [5.41, 5.74) is 0.644. The Kier molecular flexibility index (Phi) is 3.22. The van der Waals surface area contributed by atoms with Gasteiger partial charge in [0.25, 0.3) is 0 Å². The van der Waals surface area contributed by atoms with E-state index in [0.717, 1.165) is 18.7 Å². The van der Waals surface area contributed by atoms with Crippen LogP contribution >= 0.6 is 0 Å².